The first kappa shape index (κ1) is 14.3. The van der Waals surface area contributed by atoms with Crippen LogP contribution in [0.4, 0.5) is 0 Å². The minimum atomic E-state index is 0.149. The van der Waals surface area contributed by atoms with Crippen molar-refractivity contribution in [3.63, 3.8) is 0 Å². The molecule has 3 heterocycles. The fourth-order valence-corrected chi connectivity index (χ4v) is 3.66. The minimum Gasteiger partial charge on any atom is -0.340 e. The number of nitrogens with zero attached hydrogens (tertiary/aromatic N) is 4. The van der Waals surface area contributed by atoms with Crippen LogP contribution in [0.5, 0.6) is 0 Å². The van der Waals surface area contributed by atoms with Gasteiger partial charge < -0.3 is 4.90 Å². The van der Waals surface area contributed by atoms with E-state index >= 15 is 0 Å². The van der Waals surface area contributed by atoms with Crippen LogP contribution < -0.4 is 0 Å². The SMILES string of the molecule is Cc1cnn(CC(=O)N2CCC[C@H](c3ncc(C)s3)C2)c1. The van der Waals surface area contributed by atoms with Crippen LogP contribution in [0.3, 0.4) is 0 Å². The van der Waals surface area contributed by atoms with E-state index in [-0.39, 0.29) is 5.91 Å². The fourth-order valence-electron chi connectivity index (χ4n) is 2.76. The molecule has 0 N–H and O–H groups in total. The van der Waals surface area contributed by atoms with E-state index < -0.39 is 0 Å². The van der Waals surface area contributed by atoms with Gasteiger partial charge in [-0.05, 0) is 32.3 Å². The molecule has 1 fully saturated rings. The van der Waals surface area contributed by atoms with Crippen LogP contribution in [-0.2, 0) is 11.3 Å². The number of likely N-dealkylation sites (tertiary alicyclic amines) is 1. The highest BCUT2D eigenvalue weighted by atomic mass is 32.1. The lowest BCUT2D eigenvalue weighted by Crippen LogP contribution is -2.40. The summed E-state index contributed by atoms with van der Waals surface area (Å²) in [6.07, 6.45) is 7.78. The Balaban J connectivity index is 1.64. The van der Waals surface area contributed by atoms with Crippen LogP contribution in [0.2, 0.25) is 0 Å². The molecule has 1 aliphatic heterocycles. The van der Waals surface area contributed by atoms with E-state index in [0.717, 1.165) is 31.5 Å². The second-order valence-electron chi connectivity index (χ2n) is 5.70. The molecule has 5 nitrogen and oxygen atoms in total. The molecule has 1 saturated heterocycles. The number of hydrogen-bond donors (Lipinski definition) is 0. The van der Waals surface area contributed by atoms with Crippen molar-refractivity contribution in [3.05, 3.63) is 34.0 Å². The third kappa shape index (κ3) is 3.32. The van der Waals surface area contributed by atoms with Gasteiger partial charge in [0, 0.05) is 36.3 Å². The Hall–Kier alpha value is -1.69. The predicted octanol–water partition coefficient (Wildman–Crippen LogP) is 2.36. The molecule has 0 aliphatic carbocycles. The first-order valence-corrected chi connectivity index (χ1v) is 8.12. The Bertz CT molecular complexity index is 633. The largest absolute Gasteiger partial charge is 0.340 e. The molecule has 2 aromatic rings. The number of piperidine rings is 1. The smallest absolute Gasteiger partial charge is 0.244 e. The molecule has 0 saturated carbocycles. The minimum absolute atomic E-state index is 0.149. The highest BCUT2D eigenvalue weighted by Crippen LogP contribution is 2.29. The maximum atomic E-state index is 12.4. The van der Waals surface area contributed by atoms with Gasteiger partial charge in [0.05, 0.1) is 11.2 Å². The first-order chi connectivity index (χ1) is 10.1. The zero-order valence-electron chi connectivity index (χ0n) is 12.5. The van der Waals surface area contributed by atoms with E-state index in [1.807, 2.05) is 24.2 Å². The molecule has 2 aromatic heterocycles. The van der Waals surface area contributed by atoms with Crippen molar-refractivity contribution >= 4 is 17.2 Å². The quantitative estimate of drug-likeness (QED) is 0.874. The number of rotatable bonds is 3. The number of thiazole rings is 1. The molecular weight excluding hydrogens is 284 g/mol. The number of carbonyl (C=O) groups excluding carboxylic acids is 1. The molecule has 1 atom stereocenters. The highest BCUT2D eigenvalue weighted by molar-refractivity contribution is 7.11. The van der Waals surface area contributed by atoms with Gasteiger partial charge in [0.2, 0.25) is 5.91 Å². The molecule has 0 bridgehead atoms. The molecular formula is C15H20N4OS. The highest BCUT2D eigenvalue weighted by Gasteiger charge is 2.26. The van der Waals surface area contributed by atoms with Gasteiger partial charge in [0.25, 0.3) is 0 Å². The maximum Gasteiger partial charge on any atom is 0.244 e. The van der Waals surface area contributed by atoms with E-state index in [4.69, 9.17) is 0 Å². The number of aryl methyl sites for hydroxylation is 2. The monoisotopic (exact) mass is 304 g/mol. The van der Waals surface area contributed by atoms with Gasteiger partial charge in [-0.3, -0.25) is 9.48 Å². The van der Waals surface area contributed by atoms with Crippen LogP contribution in [-0.4, -0.2) is 38.7 Å². The molecule has 0 radical (unpaired) electrons. The molecule has 0 spiro atoms. The normalized spacial score (nSPS) is 19.0. The lowest BCUT2D eigenvalue weighted by molar-refractivity contribution is -0.133. The average molecular weight is 304 g/mol. The first-order valence-electron chi connectivity index (χ1n) is 7.31. The molecule has 0 unspecified atom stereocenters. The Kier molecular flexibility index (Phi) is 4.05. The number of carbonyl (C=O) groups is 1. The van der Waals surface area contributed by atoms with Crippen molar-refractivity contribution in [1.82, 2.24) is 19.7 Å². The molecule has 21 heavy (non-hydrogen) atoms. The van der Waals surface area contributed by atoms with E-state index in [0.29, 0.717) is 12.5 Å². The van der Waals surface area contributed by atoms with Gasteiger partial charge >= 0.3 is 0 Å². The lowest BCUT2D eigenvalue weighted by Gasteiger charge is -2.31. The number of amides is 1. The van der Waals surface area contributed by atoms with Crippen molar-refractivity contribution in [2.45, 2.75) is 39.2 Å². The standard InChI is InChI=1S/C15H20N4OS/c1-11-6-17-19(8-11)10-14(20)18-5-3-4-13(9-18)15-16-7-12(2)21-15/h6-8,13H,3-5,9-10H2,1-2H3/t13-/m0/s1. The molecule has 112 valence electrons. The Morgan fingerprint density at radius 2 is 2.29 bits per heavy atom. The molecule has 1 aliphatic rings. The third-order valence-electron chi connectivity index (χ3n) is 3.82. The third-order valence-corrected chi connectivity index (χ3v) is 4.90. The summed E-state index contributed by atoms with van der Waals surface area (Å²) in [5.74, 6) is 0.539. The number of hydrogen-bond acceptors (Lipinski definition) is 4. The summed E-state index contributed by atoms with van der Waals surface area (Å²) in [6.45, 7) is 6.02. The van der Waals surface area contributed by atoms with E-state index in [1.54, 1.807) is 22.2 Å². The summed E-state index contributed by atoms with van der Waals surface area (Å²) < 4.78 is 1.72. The van der Waals surface area contributed by atoms with Gasteiger partial charge in [0.1, 0.15) is 6.54 Å². The van der Waals surface area contributed by atoms with Crippen LogP contribution in [0.25, 0.3) is 0 Å². The van der Waals surface area contributed by atoms with Crippen molar-refractivity contribution in [2.75, 3.05) is 13.1 Å². The average Bonchev–Trinajstić information content (AvgIpc) is 3.08. The summed E-state index contributed by atoms with van der Waals surface area (Å²) in [6, 6.07) is 0. The molecule has 1 amide bonds. The lowest BCUT2D eigenvalue weighted by atomic mass is 9.99. The predicted molar refractivity (Wildman–Crippen MR) is 82.4 cm³/mol. The zero-order valence-corrected chi connectivity index (χ0v) is 13.3. The Labute approximate surface area is 128 Å². The van der Waals surface area contributed by atoms with Crippen molar-refractivity contribution in [1.29, 1.82) is 0 Å². The van der Waals surface area contributed by atoms with Gasteiger partial charge in [0.15, 0.2) is 0 Å². The second-order valence-corrected chi connectivity index (χ2v) is 6.97. The van der Waals surface area contributed by atoms with Gasteiger partial charge in [-0.2, -0.15) is 5.10 Å². The zero-order chi connectivity index (χ0) is 14.8. The van der Waals surface area contributed by atoms with Crippen LogP contribution >= 0.6 is 11.3 Å². The van der Waals surface area contributed by atoms with Crippen LogP contribution in [0, 0.1) is 13.8 Å². The summed E-state index contributed by atoms with van der Waals surface area (Å²) >= 11 is 1.75. The fraction of sp³-hybridized carbons (Fsp3) is 0.533. The van der Waals surface area contributed by atoms with Crippen LogP contribution in [0.15, 0.2) is 18.6 Å². The Morgan fingerprint density at radius 3 is 2.95 bits per heavy atom. The van der Waals surface area contributed by atoms with Gasteiger partial charge in [-0.15, -0.1) is 11.3 Å². The van der Waals surface area contributed by atoms with Gasteiger partial charge in [-0.25, -0.2) is 4.98 Å². The Morgan fingerprint density at radius 1 is 1.43 bits per heavy atom. The van der Waals surface area contributed by atoms with E-state index in [2.05, 4.69) is 17.0 Å². The van der Waals surface area contributed by atoms with Crippen molar-refractivity contribution < 1.29 is 4.79 Å². The summed E-state index contributed by atoms with van der Waals surface area (Å²) in [7, 11) is 0. The van der Waals surface area contributed by atoms with E-state index in [9.17, 15) is 4.79 Å². The van der Waals surface area contributed by atoms with Crippen molar-refractivity contribution in [2.24, 2.45) is 0 Å². The summed E-state index contributed by atoms with van der Waals surface area (Å²) in [5.41, 5.74) is 1.08. The summed E-state index contributed by atoms with van der Waals surface area (Å²) in [5, 5.41) is 5.36. The molecule has 3 rings (SSSR count). The topological polar surface area (TPSA) is 51.0 Å². The maximum absolute atomic E-state index is 12.4. The van der Waals surface area contributed by atoms with Crippen LogP contribution in [0.1, 0.15) is 34.2 Å². The van der Waals surface area contributed by atoms with Gasteiger partial charge in [-0.1, -0.05) is 0 Å². The number of aromatic nitrogens is 3. The second kappa shape index (κ2) is 5.97. The molecule has 0 aromatic carbocycles. The summed E-state index contributed by atoms with van der Waals surface area (Å²) in [4.78, 5) is 20.1. The van der Waals surface area contributed by atoms with E-state index in [1.165, 1.54) is 9.88 Å². The van der Waals surface area contributed by atoms with Crippen molar-refractivity contribution in [3.8, 4) is 0 Å². The molecule has 6 heteroatoms.